The number of amides is 3. The van der Waals surface area contributed by atoms with Gasteiger partial charge in [-0.15, -0.1) is 11.3 Å². The molecule has 0 bridgehead atoms. The van der Waals surface area contributed by atoms with Crippen molar-refractivity contribution >= 4 is 46.1 Å². The number of aliphatic imine (C=N–C) groups is 1. The fourth-order valence-corrected chi connectivity index (χ4v) is 4.29. The number of dihydropyridines is 1. The van der Waals surface area contributed by atoms with Crippen LogP contribution in [0.3, 0.4) is 0 Å². The highest BCUT2D eigenvalue weighted by molar-refractivity contribution is 7.14. The van der Waals surface area contributed by atoms with Gasteiger partial charge in [0.2, 0.25) is 11.8 Å². The van der Waals surface area contributed by atoms with Gasteiger partial charge in [-0.05, 0) is 30.7 Å². The van der Waals surface area contributed by atoms with Crippen LogP contribution in [-0.4, -0.2) is 60.0 Å². The van der Waals surface area contributed by atoms with Gasteiger partial charge in [-0.25, -0.2) is 9.98 Å². The Bertz CT molecular complexity index is 1050. The molecule has 2 aliphatic heterocycles. The third-order valence-corrected chi connectivity index (χ3v) is 6.06. The molecule has 1 aromatic carbocycles. The van der Waals surface area contributed by atoms with Gasteiger partial charge < -0.3 is 15.1 Å². The summed E-state index contributed by atoms with van der Waals surface area (Å²) < 4.78 is 0. The van der Waals surface area contributed by atoms with Crippen molar-refractivity contribution in [1.82, 2.24) is 9.88 Å². The predicted molar refractivity (Wildman–Crippen MR) is 121 cm³/mol. The largest absolute Gasteiger partial charge is 0.368 e. The maximum Gasteiger partial charge on any atom is 0.262 e. The molecule has 2 aromatic rings. The Hall–Kier alpha value is -3.33. The standard InChI is InChI=1S/C22H23N5O3S/c1-15-4-2-5-17(12-15)26-8-10-27(11-9-26)19(28)13-16-14-31-22(24-16)25-21(30)18-6-3-7-23-20(18)29/h2-7,12,14,18H,8-11,13H2,1H3,(H,24,25,30). The Balaban J connectivity index is 1.28. The normalized spacial score (nSPS) is 18.4. The molecule has 1 unspecified atom stereocenters. The first-order valence-electron chi connectivity index (χ1n) is 10.1. The van der Waals surface area contributed by atoms with E-state index in [0.717, 1.165) is 13.1 Å². The van der Waals surface area contributed by atoms with Crippen LogP contribution in [-0.2, 0) is 20.8 Å². The van der Waals surface area contributed by atoms with Gasteiger partial charge in [0, 0.05) is 43.5 Å². The zero-order chi connectivity index (χ0) is 21.8. The van der Waals surface area contributed by atoms with Crippen LogP contribution in [0, 0.1) is 12.8 Å². The number of rotatable bonds is 5. The molecule has 1 aromatic heterocycles. The molecular formula is C22H23N5O3S. The molecule has 1 atom stereocenters. The fraction of sp³-hybridized carbons (Fsp3) is 0.318. The van der Waals surface area contributed by atoms with Crippen molar-refractivity contribution < 1.29 is 14.4 Å². The van der Waals surface area contributed by atoms with E-state index in [2.05, 4.69) is 51.4 Å². The highest BCUT2D eigenvalue weighted by atomic mass is 32.1. The van der Waals surface area contributed by atoms with E-state index in [0.29, 0.717) is 23.9 Å². The maximum atomic E-state index is 12.7. The summed E-state index contributed by atoms with van der Waals surface area (Å²) >= 11 is 1.23. The van der Waals surface area contributed by atoms with Gasteiger partial charge in [-0.2, -0.15) is 0 Å². The van der Waals surface area contributed by atoms with E-state index in [9.17, 15) is 14.4 Å². The van der Waals surface area contributed by atoms with Crippen molar-refractivity contribution in [3.63, 3.8) is 0 Å². The van der Waals surface area contributed by atoms with Crippen LogP contribution in [0.25, 0.3) is 0 Å². The summed E-state index contributed by atoms with van der Waals surface area (Å²) in [6.07, 6.45) is 4.61. The highest BCUT2D eigenvalue weighted by Crippen LogP contribution is 2.20. The first-order chi connectivity index (χ1) is 15.0. The molecule has 3 heterocycles. The number of hydrogen-bond donors (Lipinski definition) is 1. The average molecular weight is 438 g/mol. The van der Waals surface area contributed by atoms with Gasteiger partial charge in [0.1, 0.15) is 5.92 Å². The Morgan fingerprint density at radius 1 is 1.23 bits per heavy atom. The second-order valence-electron chi connectivity index (χ2n) is 7.50. The van der Waals surface area contributed by atoms with Gasteiger partial charge in [-0.3, -0.25) is 14.4 Å². The number of anilines is 2. The number of hydrogen-bond acceptors (Lipinski definition) is 6. The smallest absolute Gasteiger partial charge is 0.262 e. The van der Waals surface area contributed by atoms with Crippen LogP contribution in [0.1, 0.15) is 11.3 Å². The average Bonchev–Trinajstić information content (AvgIpc) is 3.20. The summed E-state index contributed by atoms with van der Waals surface area (Å²) in [6, 6.07) is 8.38. The van der Waals surface area contributed by atoms with E-state index in [1.54, 1.807) is 11.5 Å². The molecular weight excluding hydrogens is 414 g/mol. The zero-order valence-electron chi connectivity index (χ0n) is 17.2. The quantitative estimate of drug-likeness (QED) is 0.723. The third kappa shape index (κ3) is 5.05. The van der Waals surface area contributed by atoms with Crippen molar-refractivity contribution in [3.05, 3.63) is 53.1 Å². The SMILES string of the molecule is Cc1cccc(N2CCN(C(=O)Cc3csc(NC(=O)C4C=CC=NC4=O)n3)CC2)c1. The van der Waals surface area contributed by atoms with Gasteiger partial charge in [0.25, 0.3) is 5.91 Å². The minimum Gasteiger partial charge on any atom is -0.368 e. The number of benzene rings is 1. The van der Waals surface area contributed by atoms with Crippen LogP contribution in [0.2, 0.25) is 0 Å². The molecule has 0 radical (unpaired) electrons. The molecule has 1 fully saturated rings. The Morgan fingerprint density at radius 3 is 2.77 bits per heavy atom. The van der Waals surface area contributed by atoms with E-state index < -0.39 is 17.7 Å². The molecule has 2 aliphatic rings. The van der Waals surface area contributed by atoms with Gasteiger partial charge in [-0.1, -0.05) is 18.2 Å². The molecule has 0 spiro atoms. The lowest BCUT2D eigenvalue weighted by Crippen LogP contribution is -2.49. The van der Waals surface area contributed by atoms with E-state index >= 15 is 0 Å². The monoisotopic (exact) mass is 437 g/mol. The van der Waals surface area contributed by atoms with Crippen LogP contribution in [0.4, 0.5) is 10.8 Å². The number of carbonyl (C=O) groups excluding carboxylic acids is 3. The number of aryl methyl sites for hydroxylation is 1. The maximum absolute atomic E-state index is 12.7. The van der Waals surface area contributed by atoms with Gasteiger partial charge in [0.05, 0.1) is 12.1 Å². The Morgan fingerprint density at radius 2 is 2.03 bits per heavy atom. The van der Waals surface area contributed by atoms with E-state index in [1.807, 2.05) is 4.90 Å². The minimum atomic E-state index is -0.941. The summed E-state index contributed by atoms with van der Waals surface area (Å²) in [5.41, 5.74) is 3.01. The molecule has 0 aliphatic carbocycles. The number of allylic oxidation sites excluding steroid dienone is 1. The molecule has 4 rings (SSSR count). The Kier molecular flexibility index (Phi) is 6.22. The molecule has 9 heteroatoms. The van der Waals surface area contributed by atoms with Crippen molar-refractivity contribution in [3.8, 4) is 0 Å². The summed E-state index contributed by atoms with van der Waals surface area (Å²) in [4.78, 5) is 48.8. The lowest BCUT2D eigenvalue weighted by molar-refractivity contribution is -0.131. The van der Waals surface area contributed by atoms with Crippen LogP contribution in [0.5, 0.6) is 0 Å². The number of nitrogens with zero attached hydrogens (tertiary/aromatic N) is 4. The number of nitrogens with one attached hydrogen (secondary N) is 1. The lowest BCUT2D eigenvalue weighted by atomic mass is 10.1. The summed E-state index contributed by atoms with van der Waals surface area (Å²) in [7, 11) is 0. The number of aromatic nitrogens is 1. The van der Waals surface area contributed by atoms with Crippen molar-refractivity contribution in [1.29, 1.82) is 0 Å². The predicted octanol–water partition coefficient (Wildman–Crippen LogP) is 2.06. The second kappa shape index (κ2) is 9.22. The minimum absolute atomic E-state index is 0.0202. The topological polar surface area (TPSA) is 95.0 Å². The molecule has 31 heavy (non-hydrogen) atoms. The molecule has 8 nitrogen and oxygen atoms in total. The van der Waals surface area contributed by atoms with Crippen molar-refractivity contribution in [2.24, 2.45) is 10.9 Å². The van der Waals surface area contributed by atoms with Crippen LogP contribution in [0.15, 0.2) is 46.8 Å². The Labute approximate surface area is 184 Å². The summed E-state index contributed by atoms with van der Waals surface area (Å²) in [5, 5.41) is 4.76. The van der Waals surface area contributed by atoms with Gasteiger partial charge >= 0.3 is 0 Å². The molecule has 0 saturated carbocycles. The molecule has 1 saturated heterocycles. The van der Waals surface area contributed by atoms with Crippen LogP contribution < -0.4 is 10.2 Å². The molecule has 1 N–H and O–H groups in total. The van der Waals surface area contributed by atoms with Crippen molar-refractivity contribution in [2.75, 3.05) is 36.4 Å². The first-order valence-corrected chi connectivity index (χ1v) is 11.0. The van der Waals surface area contributed by atoms with E-state index in [1.165, 1.54) is 34.9 Å². The number of thiazole rings is 1. The number of carbonyl (C=O) groups is 3. The second-order valence-corrected chi connectivity index (χ2v) is 8.35. The fourth-order valence-electron chi connectivity index (χ4n) is 3.57. The van der Waals surface area contributed by atoms with Crippen LogP contribution >= 0.6 is 11.3 Å². The third-order valence-electron chi connectivity index (χ3n) is 5.25. The molecule has 3 amide bonds. The van der Waals surface area contributed by atoms with E-state index in [-0.39, 0.29) is 12.3 Å². The molecule has 160 valence electrons. The highest BCUT2D eigenvalue weighted by Gasteiger charge is 2.26. The zero-order valence-corrected chi connectivity index (χ0v) is 18.0. The summed E-state index contributed by atoms with van der Waals surface area (Å²) in [6.45, 7) is 4.98. The van der Waals surface area contributed by atoms with Crippen molar-refractivity contribution in [2.45, 2.75) is 13.3 Å². The lowest BCUT2D eigenvalue weighted by Gasteiger charge is -2.36. The van der Waals surface area contributed by atoms with Gasteiger partial charge in [0.15, 0.2) is 5.13 Å². The summed E-state index contributed by atoms with van der Waals surface area (Å²) in [5.74, 6) is -1.90. The number of piperazine rings is 1. The van der Waals surface area contributed by atoms with E-state index in [4.69, 9.17) is 0 Å². The first kappa shape index (κ1) is 20.9.